The summed E-state index contributed by atoms with van der Waals surface area (Å²) in [4.78, 5) is 13.9. The second-order valence-corrected chi connectivity index (χ2v) is 8.48. The molecular weight excluding hydrogens is 366 g/mol. The van der Waals surface area contributed by atoms with Gasteiger partial charge in [-0.05, 0) is 37.5 Å². The molecule has 1 aromatic rings. The van der Waals surface area contributed by atoms with Gasteiger partial charge < -0.3 is 9.64 Å². The van der Waals surface area contributed by atoms with Gasteiger partial charge in [-0.1, -0.05) is 6.07 Å². The van der Waals surface area contributed by atoms with E-state index in [4.69, 9.17) is 4.74 Å². The summed E-state index contributed by atoms with van der Waals surface area (Å²) in [6.07, 6.45) is -1.23. The highest BCUT2D eigenvalue weighted by molar-refractivity contribution is 7.89. The zero-order chi connectivity index (χ0) is 18.9. The molecule has 9 heteroatoms. The van der Waals surface area contributed by atoms with Crippen LogP contribution in [0.2, 0.25) is 0 Å². The number of carbonyl (C=O) groups is 1. The van der Waals surface area contributed by atoms with Gasteiger partial charge in [0.25, 0.3) is 12.3 Å². The minimum Gasteiger partial charge on any atom is -0.379 e. The summed E-state index contributed by atoms with van der Waals surface area (Å²) in [6.45, 7) is 2.16. The van der Waals surface area contributed by atoms with Crippen molar-refractivity contribution in [1.29, 1.82) is 0 Å². The van der Waals surface area contributed by atoms with Crippen molar-refractivity contribution in [3.63, 3.8) is 0 Å². The van der Waals surface area contributed by atoms with Crippen LogP contribution in [0.5, 0.6) is 0 Å². The molecule has 1 amide bonds. The van der Waals surface area contributed by atoms with Gasteiger partial charge in [-0.25, -0.2) is 17.2 Å². The highest BCUT2D eigenvalue weighted by atomic mass is 32.2. The van der Waals surface area contributed by atoms with Crippen LogP contribution < -0.4 is 0 Å². The van der Waals surface area contributed by atoms with Crippen LogP contribution in [0.15, 0.2) is 23.1 Å². The van der Waals surface area contributed by atoms with Gasteiger partial charge in [-0.3, -0.25) is 4.79 Å². The minimum atomic E-state index is -3.77. The number of aryl methyl sites for hydroxylation is 1. The molecular formula is C17H22F2N2O4S. The molecule has 6 nitrogen and oxygen atoms in total. The summed E-state index contributed by atoms with van der Waals surface area (Å²) in [5.41, 5.74) is 0.634. The zero-order valence-electron chi connectivity index (χ0n) is 14.5. The lowest BCUT2D eigenvalue weighted by molar-refractivity contribution is 0.0534. The molecule has 2 fully saturated rings. The Morgan fingerprint density at radius 3 is 2.54 bits per heavy atom. The smallest absolute Gasteiger partial charge is 0.255 e. The van der Waals surface area contributed by atoms with E-state index < -0.39 is 28.9 Å². The lowest BCUT2D eigenvalue weighted by Gasteiger charge is -2.27. The Labute approximate surface area is 151 Å². The summed E-state index contributed by atoms with van der Waals surface area (Å²) >= 11 is 0. The fraction of sp³-hybridized carbons (Fsp3) is 0.588. The molecule has 0 aromatic heterocycles. The summed E-state index contributed by atoms with van der Waals surface area (Å²) < 4.78 is 57.9. The van der Waals surface area contributed by atoms with Crippen molar-refractivity contribution >= 4 is 15.9 Å². The number of ether oxygens (including phenoxy) is 1. The van der Waals surface area contributed by atoms with Crippen LogP contribution >= 0.6 is 0 Å². The molecule has 1 aliphatic carbocycles. The maximum atomic E-state index is 12.9. The number of morpholine rings is 1. The Bertz CT molecular complexity index is 775. The second kappa shape index (κ2) is 7.58. The number of hydrogen-bond acceptors (Lipinski definition) is 4. The van der Waals surface area contributed by atoms with Gasteiger partial charge in [-0.2, -0.15) is 4.31 Å². The molecule has 0 bridgehead atoms. The summed E-state index contributed by atoms with van der Waals surface area (Å²) in [6, 6.07) is 4.17. The number of alkyl halides is 2. The molecule has 3 rings (SSSR count). The van der Waals surface area contributed by atoms with Crippen LogP contribution in [0.25, 0.3) is 0 Å². The third-order valence-corrected chi connectivity index (χ3v) is 6.65. The number of nitrogens with zero attached hydrogens (tertiary/aromatic N) is 2. The molecule has 0 unspecified atom stereocenters. The molecule has 0 radical (unpaired) electrons. The van der Waals surface area contributed by atoms with E-state index in [9.17, 15) is 22.0 Å². The minimum absolute atomic E-state index is 0.0399. The average molecular weight is 388 g/mol. The first-order chi connectivity index (χ1) is 12.3. The van der Waals surface area contributed by atoms with Crippen LogP contribution in [-0.2, 0) is 14.8 Å². The predicted molar refractivity (Wildman–Crippen MR) is 90.8 cm³/mol. The Kier molecular flexibility index (Phi) is 5.59. The summed E-state index contributed by atoms with van der Waals surface area (Å²) in [5, 5.41) is 0. The first-order valence-corrected chi connectivity index (χ1v) is 10.0. The van der Waals surface area contributed by atoms with Crippen molar-refractivity contribution in [1.82, 2.24) is 9.21 Å². The number of carbonyl (C=O) groups excluding carboxylic acids is 1. The predicted octanol–water partition coefficient (Wildman–Crippen LogP) is 1.89. The number of benzene rings is 1. The molecule has 1 aromatic carbocycles. The Hall–Kier alpha value is -1.58. The van der Waals surface area contributed by atoms with E-state index in [2.05, 4.69) is 0 Å². The lowest BCUT2D eigenvalue weighted by atomic mass is 10.1. The van der Waals surface area contributed by atoms with E-state index in [1.807, 2.05) is 0 Å². The molecule has 0 spiro atoms. The number of halogens is 2. The summed E-state index contributed by atoms with van der Waals surface area (Å²) in [7, 11) is -3.77. The molecule has 1 saturated carbocycles. The molecule has 26 heavy (non-hydrogen) atoms. The van der Waals surface area contributed by atoms with E-state index in [0.717, 1.165) is 4.90 Å². The molecule has 1 heterocycles. The zero-order valence-corrected chi connectivity index (χ0v) is 15.3. The largest absolute Gasteiger partial charge is 0.379 e. The number of amides is 1. The Morgan fingerprint density at radius 1 is 1.31 bits per heavy atom. The molecule has 0 N–H and O–H groups in total. The molecule has 0 atom stereocenters. The van der Waals surface area contributed by atoms with Crippen LogP contribution in [0.4, 0.5) is 8.78 Å². The number of hydrogen-bond donors (Lipinski definition) is 0. The first-order valence-electron chi connectivity index (χ1n) is 8.58. The van der Waals surface area contributed by atoms with Gasteiger partial charge in [0.1, 0.15) is 0 Å². The van der Waals surface area contributed by atoms with Gasteiger partial charge in [0, 0.05) is 24.7 Å². The maximum absolute atomic E-state index is 12.9. The van der Waals surface area contributed by atoms with Crippen molar-refractivity contribution in [2.45, 2.75) is 37.1 Å². The Balaban J connectivity index is 1.90. The quantitative estimate of drug-likeness (QED) is 0.746. The number of sulfonamides is 1. The van der Waals surface area contributed by atoms with Crippen LogP contribution in [0, 0.1) is 6.92 Å². The highest BCUT2D eigenvalue weighted by Gasteiger charge is 2.35. The van der Waals surface area contributed by atoms with Crippen molar-refractivity contribution < 1.29 is 26.7 Å². The van der Waals surface area contributed by atoms with E-state index in [1.165, 1.54) is 16.4 Å². The third-order valence-electron chi connectivity index (χ3n) is 4.61. The fourth-order valence-electron chi connectivity index (χ4n) is 3.04. The monoisotopic (exact) mass is 388 g/mol. The normalized spacial score (nSPS) is 18.9. The van der Waals surface area contributed by atoms with Crippen LogP contribution in [0.1, 0.15) is 28.8 Å². The standard InChI is InChI=1S/C17H22F2N2O4S/c1-12-2-3-13(17(22)21(11-16(18)19)14-4-5-14)10-15(12)26(23,24)20-6-8-25-9-7-20/h2-3,10,14,16H,4-9,11H2,1H3. The van der Waals surface area contributed by atoms with Crippen molar-refractivity contribution in [3.05, 3.63) is 29.3 Å². The van der Waals surface area contributed by atoms with Crippen LogP contribution in [0.3, 0.4) is 0 Å². The van der Waals surface area contributed by atoms with E-state index in [1.54, 1.807) is 13.0 Å². The van der Waals surface area contributed by atoms with Gasteiger partial charge in [-0.15, -0.1) is 0 Å². The topological polar surface area (TPSA) is 66.9 Å². The van der Waals surface area contributed by atoms with Crippen molar-refractivity contribution in [2.75, 3.05) is 32.8 Å². The van der Waals surface area contributed by atoms with Gasteiger partial charge >= 0.3 is 0 Å². The molecule has 2 aliphatic rings. The van der Waals surface area contributed by atoms with E-state index in [0.29, 0.717) is 31.6 Å². The maximum Gasteiger partial charge on any atom is 0.255 e. The van der Waals surface area contributed by atoms with E-state index >= 15 is 0 Å². The van der Waals surface area contributed by atoms with Crippen molar-refractivity contribution in [2.24, 2.45) is 0 Å². The first kappa shape index (κ1) is 19.2. The average Bonchev–Trinajstić information content (AvgIpc) is 3.45. The van der Waals surface area contributed by atoms with Gasteiger partial charge in [0.05, 0.1) is 24.7 Å². The highest BCUT2D eigenvalue weighted by Crippen LogP contribution is 2.30. The summed E-state index contributed by atoms with van der Waals surface area (Å²) in [5.74, 6) is -0.550. The SMILES string of the molecule is Cc1ccc(C(=O)N(CC(F)F)C2CC2)cc1S(=O)(=O)N1CCOCC1. The van der Waals surface area contributed by atoms with Crippen molar-refractivity contribution in [3.8, 4) is 0 Å². The number of rotatable bonds is 6. The Morgan fingerprint density at radius 2 is 1.96 bits per heavy atom. The molecule has 1 saturated heterocycles. The lowest BCUT2D eigenvalue weighted by Crippen LogP contribution is -2.41. The molecule has 144 valence electrons. The van der Waals surface area contributed by atoms with Gasteiger partial charge in [0.15, 0.2) is 0 Å². The third kappa shape index (κ3) is 4.05. The fourth-order valence-corrected chi connectivity index (χ4v) is 4.69. The molecule has 1 aliphatic heterocycles. The van der Waals surface area contributed by atoms with E-state index in [-0.39, 0.29) is 29.6 Å². The van der Waals surface area contributed by atoms with Crippen LogP contribution in [-0.4, -0.2) is 68.8 Å². The van der Waals surface area contributed by atoms with Gasteiger partial charge in [0.2, 0.25) is 10.0 Å². The second-order valence-electron chi connectivity index (χ2n) is 6.58.